The Balaban J connectivity index is 1.72. The number of halogens is 1. The van der Waals surface area contributed by atoms with E-state index in [2.05, 4.69) is 50.1 Å². The van der Waals surface area contributed by atoms with Crippen LogP contribution in [0.2, 0.25) is 0 Å². The van der Waals surface area contributed by atoms with E-state index in [-0.39, 0.29) is 10.7 Å². The molecule has 3 aromatic rings. The van der Waals surface area contributed by atoms with Crippen molar-refractivity contribution in [2.45, 2.75) is 13.8 Å². The SMILES string of the molecule is Cc1cc(C=C2C(=O)NC(=S)N(c3ccc(Br)cc3)C2=O)c(C)n1-c1ccc(N(C)C)cc1. The summed E-state index contributed by atoms with van der Waals surface area (Å²) in [5.41, 5.74) is 5.48. The molecule has 0 aliphatic carbocycles. The second kappa shape index (κ2) is 8.96. The molecule has 0 spiro atoms. The van der Waals surface area contributed by atoms with Crippen LogP contribution in [0.1, 0.15) is 17.0 Å². The van der Waals surface area contributed by atoms with Crippen molar-refractivity contribution >= 4 is 62.5 Å². The summed E-state index contributed by atoms with van der Waals surface area (Å²) in [6.45, 7) is 3.97. The van der Waals surface area contributed by atoms with E-state index in [0.29, 0.717) is 5.69 Å². The summed E-state index contributed by atoms with van der Waals surface area (Å²) in [4.78, 5) is 29.4. The van der Waals surface area contributed by atoms with Crippen molar-refractivity contribution in [2.24, 2.45) is 0 Å². The fourth-order valence-corrected chi connectivity index (χ4v) is 4.41. The maximum atomic E-state index is 13.3. The number of rotatable bonds is 4. The fourth-order valence-electron chi connectivity index (χ4n) is 3.87. The molecule has 1 aliphatic heterocycles. The molecule has 1 saturated heterocycles. The highest BCUT2D eigenvalue weighted by Gasteiger charge is 2.34. The van der Waals surface area contributed by atoms with Crippen molar-refractivity contribution in [1.82, 2.24) is 9.88 Å². The number of hydrogen-bond donors (Lipinski definition) is 1. The minimum absolute atomic E-state index is 0.0368. The summed E-state index contributed by atoms with van der Waals surface area (Å²) in [5, 5.41) is 2.70. The zero-order chi connectivity index (χ0) is 23.9. The van der Waals surface area contributed by atoms with Crippen LogP contribution in [0.4, 0.5) is 11.4 Å². The first-order chi connectivity index (χ1) is 15.7. The number of nitrogens with one attached hydrogen (secondary N) is 1. The topological polar surface area (TPSA) is 57.6 Å². The molecule has 33 heavy (non-hydrogen) atoms. The fraction of sp³-hybridized carbons (Fsp3) is 0.160. The van der Waals surface area contributed by atoms with Gasteiger partial charge in [-0.2, -0.15) is 0 Å². The number of amides is 2. The third-order valence-electron chi connectivity index (χ3n) is 5.58. The Morgan fingerprint density at radius 2 is 1.58 bits per heavy atom. The van der Waals surface area contributed by atoms with Gasteiger partial charge in [0.2, 0.25) is 0 Å². The average Bonchev–Trinajstić information content (AvgIpc) is 3.05. The monoisotopic (exact) mass is 522 g/mol. The van der Waals surface area contributed by atoms with E-state index in [1.807, 2.05) is 51.0 Å². The molecule has 0 saturated carbocycles. The Morgan fingerprint density at radius 1 is 0.970 bits per heavy atom. The molecule has 1 N–H and O–H groups in total. The van der Waals surface area contributed by atoms with Crippen LogP contribution < -0.4 is 15.1 Å². The average molecular weight is 523 g/mol. The summed E-state index contributed by atoms with van der Waals surface area (Å²) < 4.78 is 2.99. The lowest BCUT2D eigenvalue weighted by atomic mass is 10.1. The third-order valence-corrected chi connectivity index (χ3v) is 6.39. The van der Waals surface area contributed by atoms with E-state index in [9.17, 15) is 9.59 Å². The molecule has 2 amide bonds. The Hall–Kier alpha value is -3.23. The molecule has 8 heteroatoms. The molecule has 1 fully saturated rings. The molecular weight excluding hydrogens is 500 g/mol. The minimum Gasteiger partial charge on any atom is -0.378 e. The Kier molecular flexibility index (Phi) is 6.23. The van der Waals surface area contributed by atoms with Gasteiger partial charge in [-0.15, -0.1) is 0 Å². The Bertz CT molecular complexity index is 1290. The standard InChI is InChI=1S/C25H23BrN4O2S/c1-15-13-17(16(2)29(15)20-11-9-19(10-12-20)28(3)4)14-22-23(31)27-25(33)30(24(22)32)21-7-5-18(26)6-8-21/h5-14H,1-4H3,(H,27,31,33). The predicted molar refractivity (Wildman–Crippen MR) is 140 cm³/mol. The smallest absolute Gasteiger partial charge is 0.270 e. The van der Waals surface area contributed by atoms with Gasteiger partial charge in [0.25, 0.3) is 11.8 Å². The van der Waals surface area contributed by atoms with E-state index in [1.54, 1.807) is 18.2 Å². The lowest BCUT2D eigenvalue weighted by Crippen LogP contribution is -2.54. The van der Waals surface area contributed by atoms with Crippen molar-refractivity contribution in [3.8, 4) is 5.69 Å². The number of benzene rings is 2. The summed E-state index contributed by atoms with van der Waals surface area (Å²) in [7, 11) is 4.00. The summed E-state index contributed by atoms with van der Waals surface area (Å²) in [5.74, 6) is -0.954. The maximum Gasteiger partial charge on any atom is 0.270 e. The van der Waals surface area contributed by atoms with Gasteiger partial charge in [0, 0.05) is 41.3 Å². The van der Waals surface area contributed by atoms with Crippen LogP contribution in [0, 0.1) is 13.8 Å². The number of carbonyl (C=O) groups is 2. The number of thiocarbonyl (C=S) groups is 1. The molecule has 1 aliphatic rings. The van der Waals surface area contributed by atoms with Gasteiger partial charge in [-0.1, -0.05) is 15.9 Å². The molecule has 0 bridgehead atoms. The molecule has 1 aromatic heterocycles. The van der Waals surface area contributed by atoms with Crippen LogP contribution in [0.5, 0.6) is 0 Å². The molecule has 6 nitrogen and oxygen atoms in total. The second-order valence-corrected chi connectivity index (χ2v) is 9.31. The van der Waals surface area contributed by atoms with Gasteiger partial charge in [0.1, 0.15) is 5.57 Å². The normalized spacial score (nSPS) is 15.2. The van der Waals surface area contributed by atoms with Gasteiger partial charge >= 0.3 is 0 Å². The van der Waals surface area contributed by atoms with Gasteiger partial charge in [-0.25, -0.2) is 0 Å². The largest absolute Gasteiger partial charge is 0.378 e. The molecule has 0 atom stereocenters. The Labute approximate surface area is 206 Å². The highest BCUT2D eigenvalue weighted by atomic mass is 79.9. The highest BCUT2D eigenvalue weighted by molar-refractivity contribution is 9.10. The van der Waals surface area contributed by atoms with Crippen molar-refractivity contribution in [3.63, 3.8) is 0 Å². The molecule has 2 heterocycles. The lowest BCUT2D eigenvalue weighted by Gasteiger charge is -2.29. The van der Waals surface area contributed by atoms with Crippen molar-refractivity contribution in [3.05, 3.63) is 81.6 Å². The predicted octanol–water partition coefficient (Wildman–Crippen LogP) is 4.75. The van der Waals surface area contributed by atoms with E-state index in [0.717, 1.165) is 32.8 Å². The number of aryl methyl sites for hydroxylation is 1. The molecule has 4 rings (SSSR count). The molecule has 0 radical (unpaired) electrons. The summed E-state index contributed by atoms with van der Waals surface area (Å²) >= 11 is 8.67. The lowest BCUT2D eigenvalue weighted by molar-refractivity contribution is -0.122. The van der Waals surface area contributed by atoms with Crippen LogP contribution in [-0.2, 0) is 9.59 Å². The zero-order valence-electron chi connectivity index (χ0n) is 18.7. The molecular formula is C25H23BrN4O2S. The first kappa shape index (κ1) is 22.9. The number of hydrogen-bond acceptors (Lipinski definition) is 4. The van der Waals surface area contributed by atoms with Crippen LogP contribution >= 0.6 is 28.1 Å². The first-order valence-corrected chi connectivity index (χ1v) is 11.5. The maximum absolute atomic E-state index is 13.3. The molecule has 0 unspecified atom stereocenters. The number of carbonyl (C=O) groups excluding carboxylic acids is 2. The van der Waals surface area contributed by atoms with Crippen LogP contribution in [0.3, 0.4) is 0 Å². The highest BCUT2D eigenvalue weighted by Crippen LogP contribution is 2.27. The zero-order valence-corrected chi connectivity index (χ0v) is 21.1. The van der Waals surface area contributed by atoms with Crippen molar-refractivity contribution in [2.75, 3.05) is 23.9 Å². The van der Waals surface area contributed by atoms with Gasteiger partial charge < -0.3 is 9.47 Å². The first-order valence-electron chi connectivity index (χ1n) is 10.3. The summed E-state index contributed by atoms with van der Waals surface area (Å²) in [6.07, 6.45) is 1.64. The van der Waals surface area contributed by atoms with Gasteiger partial charge in [0.05, 0.1) is 5.69 Å². The van der Waals surface area contributed by atoms with Gasteiger partial charge in [0.15, 0.2) is 5.11 Å². The van der Waals surface area contributed by atoms with E-state index in [1.165, 1.54) is 4.90 Å². The summed E-state index contributed by atoms with van der Waals surface area (Å²) in [6, 6.07) is 17.4. The van der Waals surface area contributed by atoms with Crippen LogP contribution in [-0.4, -0.2) is 35.6 Å². The van der Waals surface area contributed by atoms with Crippen LogP contribution in [0.15, 0.2) is 64.6 Å². The quantitative estimate of drug-likeness (QED) is 0.305. The van der Waals surface area contributed by atoms with E-state index < -0.39 is 11.8 Å². The minimum atomic E-state index is -0.501. The van der Waals surface area contributed by atoms with E-state index in [4.69, 9.17) is 12.2 Å². The van der Waals surface area contributed by atoms with E-state index >= 15 is 0 Å². The second-order valence-electron chi connectivity index (χ2n) is 8.01. The third kappa shape index (κ3) is 4.36. The Morgan fingerprint density at radius 3 is 2.18 bits per heavy atom. The van der Waals surface area contributed by atoms with Gasteiger partial charge in [-0.05, 0) is 92.3 Å². The number of aromatic nitrogens is 1. The van der Waals surface area contributed by atoms with Crippen molar-refractivity contribution < 1.29 is 9.59 Å². The van der Waals surface area contributed by atoms with Crippen molar-refractivity contribution in [1.29, 1.82) is 0 Å². The van der Waals surface area contributed by atoms with Gasteiger partial charge in [-0.3, -0.25) is 19.8 Å². The molecule has 168 valence electrons. The van der Waals surface area contributed by atoms with Crippen LogP contribution in [0.25, 0.3) is 11.8 Å². The number of anilines is 2. The molecule has 2 aromatic carbocycles. The number of nitrogens with zero attached hydrogens (tertiary/aromatic N) is 3.